The Labute approximate surface area is 172 Å². The molecule has 2 aromatic heterocycles. The number of nitrogens with zero attached hydrogens (tertiary/aromatic N) is 1. The van der Waals surface area contributed by atoms with Gasteiger partial charge >= 0.3 is 0 Å². The van der Waals surface area contributed by atoms with Gasteiger partial charge in [0, 0.05) is 11.1 Å². The van der Waals surface area contributed by atoms with Crippen molar-refractivity contribution in [2.45, 2.75) is 0 Å². The highest BCUT2D eigenvalue weighted by Gasteiger charge is 2.17. The van der Waals surface area contributed by atoms with Crippen LogP contribution in [0.15, 0.2) is 69.5 Å². The second-order valence-corrected chi connectivity index (χ2v) is 6.96. The van der Waals surface area contributed by atoms with Gasteiger partial charge in [0.1, 0.15) is 11.1 Å². The predicted molar refractivity (Wildman–Crippen MR) is 109 cm³/mol. The minimum Gasteiger partial charge on any atom is -0.451 e. The number of amides is 1. The van der Waals surface area contributed by atoms with Gasteiger partial charge in [0.25, 0.3) is 5.91 Å². The summed E-state index contributed by atoms with van der Waals surface area (Å²) in [7, 11) is 0. The van der Waals surface area contributed by atoms with Crippen molar-refractivity contribution in [2.24, 2.45) is 0 Å². The first-order chi connectivity index (χ1) is 14.5. The van der Waals surface area contributed by atoms with E-state index in [4.69, 9.17) is 20.4 Å². The quantitative estimate of drug-likeness (QED) is 0.339. The van der Waals surface area contributed by atoms with Crippen LogP contribution in [0.3, 0.4) is 0 Å². The molecule has 1 amide bonds. The minimum atomic E-state index is -1.06. The summed E-state index contributed by atoms with van der Waals surface area (Å²) < 4.78 is 38.0. The van der Waals surface area contributed by atoms with Crippen LogP contribution in [-0.4, -0.2) is 10.9 Å². The number of halogens is 3. The monoisotopic (exact) mass is 424 g/mol. The number of oxazole rings is 1. The van der Waals surface area contributed by atoms with E-state index in [1.54, 1.807) is 30.3 Å². The molecular formula is C22H11ClF2N2O3. The molecule has 0 bridgehead atoms. The molecule has 0 aliphatic heterocycles. The number of hydrogen-bond donors (Lipinski definition) is 1. The van der Waals surface area contributed by atoms with Crippen LogP contribution >= 0.6 is 11.6 Å². The number of hydrogen-bond acceptors (Lipinski definition) is 4. The van der Waals surface area contributed by atoms with E-state index in [1.165, 1.54) is 0 Å². The van der Waals surface area contributed by atoms with Crippen molar-refractivity contribution in [3.05, 3.63) is 83.1 Å². The van der Waals surface area contributed by atoms with E-state index < -0.39 is 17.5 Å². The van der Waals surface area contributed by atoms with Gasteiger partial charge in [-0.3, -0.25) is 4.79 Å². The number of rotatable bonds is 3. The Balaban J connectivity index is 1.45. The van der Waals surface area contributed by atoms with Crippen molar-refractivity contribution in [1.29, 1.82) is 0 Å². The molecule has 0 spiro atoms. The van der Waals surface area contributed by atoms with Crippen molar-refractivity contribution in [2.75, 3.05) is 5.32 Å². The highest BCUT2D eigenvalue weighted by atomic mass is 35.5. The molecule has 0 aliphatic rings. The molecule has 0 aliphatic carbocycles. The number of nitrogens with one attached hydrogen (secondary N) is 1. The van der Waals surface area contributed by atoms with E-state index in [0.717, 1.165) is 17.5 Å². The van der Waals surface area contributed by atoms with Crippen molar-refractivity contribution in [3.8, 4) is 11.5 Å². The van der Waals surface area contributed by atoms with E-state index in [1.807, 2.05) is 18.2 Å². The van der Waals surface area contributed by atoms with Crippen molar-refractivity contribution >= 4 is 45.3 Å². The average Bonchev–Trinajstić information content (AvgIpc) is 3.34. The lowest BCUT2D eigenvalue weighted by Crippen LogP contribution is -2.10. The Hall–Kier alpha value is -3.71. The molecule has 1 N–H and O–H groups in total. The molecule has 5 aromatic rings. The van der Waals surface area contributed by atoms with E-state index in [-0.39, 0.29) is 22.2 Å². The molecule has 0 atom stereocenters. The lowest BCUT2D eigenvalue weighted by atomic mass is 10.2. The number of para-hydroxylation sites is 1. The van der Waals surface area contributed by atoms with Crippen LogP contribution in [0.25, 0.3) is 33.5 Å². The molecule has 0 unspecified atom stereocenters. The van der Waals surface area contributed by atoms with Gasteiger partial charge in [0.15, 0.2) is 23.0 Å². The van der Waals surface area contributed by atoms with E-state index in [9.17, 15) is 13.6 Å². The first-order valence-corrected chi connectivity index (χ1v) is 9.21. The number of fused-ring (bicyclic) bond motifs is 2. The molecule has 3 aromatic carbocycles. The summed E-state index contributed by atoms with van der Waals surface area (Å²) in [5.41, 5.74) is 2.01. The van der Waals surface area contributed by atoms with Crippen LogP contribution < -0.4 is 5.32 Å². The Kier molecular flexibility index (Phi) is 4.25. The maximum Gasteiger partial charge on any atom is 0.291 e. The topological polar surface area (TPSA) is 68.3 Å². The first kappa shape index (κ1) is 18.3. The molecule has 0 saturated heterocycles. The smallest absolute Gasteiger partial charge is 0.291 e. The second-order valence-electron chi connectivity index (χ2n) is 6.55. The predicted octanol–water partition coefficient (Wildman–Crippen LogP) is 6.42. The van der Waals surface area contributed by atoms with E-state index >= 15 is 0 Å². The molecule has 148 valence electrons. The number of anilines is 1. The lowest BCUT2D eigenvalue weighted by Gasteiger charge is -2.02. The van der Waals surface area contributed by atoms with E-state index in [0.29, 0.717) is 22.4 Å². The van der Waals surface area contributed by atoms with Crippen LogP contribution in [0.2, 0.25) is 5.02 Å². The Morgan fingerprint density at radius 3 is 2.57 bits per heavy atom. The van der Waals surface area contributed by atoms with Crippen molar-refractivity contribution < 1.29 is 22.4 Å². The van der Waals surface area contributed by atoms with Gasteiger partial charge < -0.3 is 14.2 Å². The highest BCUT2D eigenvalue weighted by Crippen LogP contribution is 2.32. The van der Waals surface area contributed by atoms with Crippen molar-refractivity contribution in [3.63, 3.8) is 0 Å². The number of benzene rings is 3. The zero-order valence-electron chi connectivity index (χ0n) is 15.1. The average molecular weight is 425 g/mol. The summed E-state index contributed by atoms with van der Waals surface area (Å²) in [6.45, 7) is 0. The summed E-state index contributed by atoms with van der Waals surface area (Å²) >= 11 is 5.99. The molecule has 5 rings (SSSR count). The number of aromatic nitrogens is 1. The summed E-state index contributed by atoms with van der Waals surface area (Å²) in [6.07, 6.45) is 0. The van der Waals surface area contributed by atoms with Gasteiger partial charge in [-0.1, -0.05) is 29.8 Å². The SMILES string of the molecule is O=C(Nc1ccc2oc(-c3cc(F)c(F)cc3Cl)nc2c1)c1cc2ccccc2o1. The van der Waals surface area contributed by atoms with Crippen LogP contribution in [-0.2, 0) is 0 Å². The van der Waals surface area contributed by atoms with Gasteiger partial charge in [-0.25, -0.2) is 13.8 Å². The molecular weight excluding hydrogens is 414 g/mol. The maximum atomic E-state index is 13.6. The summed E-state index contributed by atoms with van der Waals surface area (Å²) in [5, 5.41) is 3.53. The van der Waals surface area contributed by atoms with Crippen LogP contribution in [0.5, 0.6) is 0 Å². The van der Waals surface area contributed by atoms with Crippen LogP contribution in [0, 0.1) is 11.6 Å². The Morgan fingerprint density at radius 2 is 1.73 bits per heavy atom. The molecule has 8 heteroatoms. The summed E-state index contributed by atoms with van der Waals surface area (Å²) in [5.74, 6) is -2.33. The lowest BCUT2D eigenvalue weighted by molar-refractivity contribution is 0.0998. The zero-order valence-corrected chi connectivity index (χ0v) is 15.8. The number of furan rings is 1. The number of carbonyl (C=O) groups excluding carboxylic acids is 1. The zero-order chi connectivity index (χ0) is 20.8. The maximum absolute atomic E-state index is 13.6. The highest BCUT2D eigenvalue weighted by molar-refractivity contribution is 6.33. The van der Waals surface area contributed by atoms with Crippen LogP contribution in [0.4, 0.5) is 14.5 Å². The normalized spacial score (nSPS) is 11.3. The third-order valence-corrected chi connectivity index (χ3v) is 4.85. The van der Waals surface area contributed by atoms with Gasteiger partial charge in [0.05, 0.1) is 10.6 Å². The molecule has 0 radical (unpaired) electrons. The number of carbonyl (C=O) groups is 1. The Morgan fingerprint density at radius 1 is 0.933 bits per heavy atom. The molecule has 2 heterocycles. The fraction of sp³-hybridized carbons (Fsp3) is 0. The third kappa shape index (κ3) is 3.19. The third-order valence-electron chi connectivity index (χ3n) is 4.54. The summed E-state index contributed by atoms with van der Waals surface area (Å²) in [6, 6.07) is 15.6. The Bertz CT molecular complexity index is 1410. The summed E-state index contributed by atoms with van der Waals surface area (Å²) in [4.78, 5) is 16.8. The standard InChI is InChI=1S/C22H11ClF2N2O3/c23-14-10-16(25)15(24)9-13(14)22-27-17-8-12(5-6-19(17)30-22)26-21(28)20-7-11-3-1-2-4-18(11)29-20/h1-10H,(H,26,28). The molecule has 5 nitrogen and oxygen atoms in total. The molecule has 0 saturated carbocycles. The van der Waals surface area contributed by atoms with Gasteiger partial charge in [0.2, 0.25) is 5.89 Å². The minimum absolute atomic E-state index is 0.0288. The largest absolute Gasteiger partial charge is 0.451 e. The fourth-order valence-corrected chi connectivity index (χ4v) is 3.32. The second kappa shape index (κ2) is 6.96. The first-order valence-electron chi connectivity index (χ1n) is 8.83. The molecule has 30 heavy (non-hydrogen) atoms. The van der Waals surface area contributed by atoms with Gasteiger partial charge in [-0.2, -0.15) is 0 Å². The van der Waals surface area contributed by atoms with Gasteiger partial charge in [-0.05, 0) is 42.5 Å². The van der Waals surface area contributed by atoms with E-state index in [2.05, 4.69) is 10.3 Å². The molecule has 0 fully saturated rings. The van der Waals surface area contributed by atoms with Crippen molar-refractivity contribution in [1.82, 2.24) is 4.98 Å². The fourth-order valence-electron chi connectivity index (χ4n) is 3.09. The van der Waals surface area contributed by atoms with Crippen LogP contribution in [0.1, 0.15) is 10.6 Å². The van der Waals surface area contributed by atoms with Gasteiger partial charge in [-0.15, -0.1) is 0 Å².